The van der Waals surface area contributed by atoms with Gasteiger partial charge in [-0.25, -0.2) is 0 Å². The Morgan fingerprint density at radius 3 is 2.45 bits per heavy atom. The third-order valence-corrected chi connectivity index (χ3v) is 5.48. The Labute approximate surface area is 128 Å². The zero-order valence-electron chi connectivity index (χ0n) is 11.3. The fourth-order valence-electron chi connectivity index (χ4n) is 2.26. The van der Waals surface area contributed by atoms with Crippen LogP contribution < -0.4 is 0 Å². The highest BCUT2D eigenvalue weighted by Gasteiger charge is 2.30. The first-order valence-corrected chi connectivity index (χ1v) is 8.08. The number of thiol groups is 1. The van der Waals surface area contributed by atoms with Crippen molar-refractivity contribution in [1.82, 2.24) is 0 Å². The smallest absolute Gasteiger partial charge is 0.250 e. The summed E-state index contributed by atoms with van der Waals surface area (Å²) in [7, 11) is -0.675. The quantitative estimate of drug-likeness (QED) is 0.792. The van der Waals surface area contributed by atoms with Gasteiger partial charge in [-0.3, -0.25) is 4.99 Å². The minimum atomic E-state index is -4.31. The Bertz CT molecular complexity index is 773. The molecule has 0 fully saturated rings. The number of halogens is 3. The van der Waals surface area contributed by atoms with Gasteiger partial charge in [-0.2, -0.15) is 29.3 Å². The van der Waals surface area contributed by atoms with E-state index < -0.39 is 22.6 Å². The monoisotopic (exact) mass is 320 g/mol. The molecular weight excluding hydrogens is 309 g/mol. The lowest BCUT2D eigenvalue weighted by atomic mass is 10.1. The van der Waals surface area contributed by atoms with Crippen LogP contribution in [0, 0.1) is 11.3 Å². The van der Waals surface area contributed by atoms with Gasteiger partial charge in [0, 0.05) is 16.2 Å². The van der Waals surface area contributed by atoms with Crippen LogP contribution in [0.3, 0.4) is 0 Å². The summed E-state index contributed by atoms with van der Waals surface area (Å²) < 4.78 is 37.6. The second-order valence-electron chi connectivity index (χ2n) is 4.88. The Morgan fingerprint density at radius 2 is 1.82 bits per heavy atom. The Morgan fingerprint density at radius 1 is 1.09 bits per heavy atom. The molecule has 0 amide bonds. The highest BCUT2D eigenvalue weighted by molar-refractivity contribution is 8.28. The summed E-state index contributed by atoms with van der Waals surface area (Å²) in [6.07, 6.45) is -4.31. The van der Waals surface area contributed by atoms with Gasteiger partial charge >= 0.3 is 6.18 Å². The van der Waals surface area contributed by atoms with Crippen molar-refractivity contribution >= 4 is 22.1 Å². The van der Waals surface area contributed by atoms with Gasteiger partial charge in [-0.1, -0.05) is 12.1 Å². The number of fused-ring (bicyclic) bond motifs is 1. The minimum absolute atomic E-state index is 0.558. The van der Waals surface area contributed by atoms with E-state index in [0.29, 0.717) is 11.3 Å². The zero-order chi connectivity index (χ0) is 15.7. The molecule has 0 radical (unpaired) electrons. The summed E-state index contributed by atoms with van der Waals surface area (Å²) in [6.45, 7) is 0. The predicted octanol–water partition coefficient (Wildman–Crippen LogP) is 4.81. The minimum Gasteiger partial charge on any atom is -0.250 e. The van der Waals surface area contributed by atoms with Gasteiger partial charge in [0.05, 0.1) is 22.9 Å². The lowest BCUT2D eigenvalue weighted by Gasteiger charge is -2.14. The number of nitrogens with zero attached hydrogens (tertiary/aromatic N) is 2. The summed E-state index contributed by atoms with van der Waals surface area (Å²) in [5.74, 6) is 0.649. The van der Waals surface area contributed by atoms with Crippen molar-refractivity contribution in [3.8, 4) is 6.07 Å². The van der Waals surface area contributed by atoms with Gasteiger partial charge in [-0.05, 0) is 35.9 Å². The molecule has 1 atom stereocenters. The lowest BCUT2D eigenvalue weighted by Crippen LogP contribution is -2.04. The zero-order valence-corrected chi connectivity index (χ0v) is 12.2. The molecule has 0 saturated carbocycles. The van der Waals surface area contributed by atoms with Crippen LogP contribution in [-0.2, 0) is 11.9 Å². The molecule has 3 rings (SSSR count). The van der Waals surface area contributed by atoms with E-state index in [0.717, 1.165) is 28.3 Å². The summed E-state index contributed by atoms with van der Waals surface area (Å²) in [6, 6.07) is 12.7. The van der Waals surface area contributed by atoms with E-state index in [9.17, 15) is 13.2 Å². The maximum absolute atomic E-state index is 12.5. The summed E-state index contributed by atoms with van der Waals surface area (Å²) in [5.41, 5.74) is 3.41. The van der Waals surface area contributed by atoms with E-state index in [1.807, 2.05) is 11.6 Å². The molecule has 2 aromatic carbocycles. The van der Waals surface area contributed by atoms with Crippen molar-refractivity contribution in [3.05, 3.63) is 59.2 Å². The van der Waals surface area contributed by atoms with Gasteiger partial charge in [0.25, 0.3) is 0 Å². The number of alkyl halides is 3. The topological polar surface area (TPSA) is 36.1 Å². The second kappa shape index (κ2) is 5.50. The average Bonchev–Trinajstić information content (AvgIpc) is 2.89. The van der Waals surface area contributed by atoms with Gasteiger partial charge in [0.1, 0.15) is 0 Å². The van der Waals surface area contributed by atoms with E-state index in [2.05, 4.69) is 11.1 Å². The van der Waals surface area contributed by atoms with Gasteiger partial charge < -0.3 is 0 Å². The highest BCUT2D eigenvalue weighted by Crippen LogP contribution is 2.48. The molecular formula is C16H11F3N2S. The molecule has 2 aromatic rings. The van der Waals surface area contributed by atoms with Crippen LogP contribution in [0.1, 0.15) is 16.7 Å². The molecule has 0 spiro atoms. The van der Waals surface area contributed by atoms with Crippen molar-refractivity contribution in [2.45, 2.75) is 16.8 Å². The first kappa shape index (κ1) is 14.7. The maximum atomic E-state index is 12.5. The van der Waals surface area contributed by atoms with Crippen LogP contribution >= 0.6 is 10.9 Å². The Balaban J connectivity index is 1.79. The standard InChI is InChI=1S/C16H11F3N2S/c17-16(18,19)13-4-1-11(2-5-13)9-22-10-21-14-7-12(8-20)3-6-15(14)22/h1-7,10,22H,9H2. The van der Waals surface area contributed by atoms with Crippen LogP contribution in [0.2, 0.25) is 0 Å². The number of nitriles is 1. The first-order chi connectivity index (χ1) is 10.5. The predicted molar refractivity (Wildman–Crippen MR) is 81.7 cm³/mol. The van der Waals surface area contributed by atoms with E-state index in [-0.39, 0.29) is 0 Å². The molecule has 0 aliphatic carbocycles. The van der Waals surface area contributed by atoms with Crippen molar-refractivity contribution in [2.24, 2.45) is 4.99 Å². The maximum Gasteiger partial charge on any atom is 0.416 e. The van der Waals surface area contributed by atoms with Gasteiger partial charge in [0.2, 0.25) is 0 Å². The van der Waals surface area contributed by atoms with E-state index in [4.69, 9.17) is 5.26 Å². The number of rotatable bonds is 2. The molecule has 6 heteroatoms. The molecule has 1 aliphatic heterocycles. The van der Waals surface area contributed by atoms with Crippen LogP contribution in [0.4, 0.5) is 18.9 Å². The summed E-state index contributed by atoms with van der Waals surface area (Å²) in [5, 5.41) is 8.87. The van der Waals surface area contributed by atoms with Gasteiger partial charge in [0.15, 0.2) is 0 Å². The largest absolute Gasteiger partial charge is 0.416 e. The van der Waals surface area contributed by atoms with Crippen molar-refractivity contribution in [1.29, 1.82) is 5.26 Å². The van der Waals surface area contributed by atoms with E-state index in [1.54, 1.807) is 12.1 Å². The number of aliphatic imine (C=N–C) groups is 1. The van der Waals surface area contributed by atoms with Crippen LogP contribution in [0.25, 0.3) is 0 Å². The van der Waals surface area contributed by atoms with Crippen molar-refractivity contribution in [3.63, 3.8) is 0 Å². The number of benzene rings is 2. The SMILES string of the molecule is N#Cc1ccc2c(c1)N=C[SH]2Cc1ccc(C(F)(F)F)cc1. The molecule has 1 heterocycles. The van der Waals surface area contributed by atoms with Crippen molar-refractivity contribution < 1.29 is 13.2 Å². The number of hydrogen-bond donors (Lipinski definition) is 1. The molecule has 2 nitrogen and oxygen atoms in total. The van der Waals surface area contributed by atoms with E-state index >= 15 is 0 Å². The molecule has 22 heavy (non-hydrogen) atoms. The van der Waals surface area contributed by atoms with E-state index in [1.165, 1.54) is 12.1 Å². The Hall–Kier alpha value is -2.26. The summed E-state index contributed by atoms with van der Waals surface area (Å²) >= 11 is 0. The molecule has 0 N–H and O–H groups in total. The fraction of sp³-hybridized carbons (Fsp3) is 0.125. The Kier molecular flexibility index (Phi) is 3.67. The average molecular weight is 320 g/mol. The molecule has 0 saturated heterocycles. The summed E-state index contributed by atoms with van der Waals surface area (Å²) in [4.78, 5) is 5.38. The third kappa shape index (κ3) is 2.85. The first-order valence-electron chi connectivity index (χ1n) is 6.48. The van der Waals surface area contributed by atoms with Gasteiger partial charge in [-0.15, -0.1) is 0 Å². The normalized spacial score (nSPS) is 18.0. The molecule has 112 valence electrons. The van der Waals surface area contributed by atoms with Crippen LogP contribution in [0.5, 0.6) is 0 Å². The number of hydrogen-bond acceptors (Lipinski definition) is 2. The lowest BCUT2D eigenvalue weighted by molar-refractivity contribution is -0.137. The fourth-order valence-corrected chi connectivity index (χ4v) is 4.18. The molecule has 1 aliphatic rings. The highest BCUT2D eigenvalue weighted by atomic mass is 32.2. The second-order valence-corrected chi connectivity index (χ2v) is 6.85. The van der Waals surface area contributed by atoms with Crippen molar-refractivity contribution in [2.75, 3.05) is 0 Å². The third-order valence-electron chi connectivity index (χ3n) is 3.38. The van der Waals surface area contributed by atoms with Crippen LogP contribution in [0.15, 0.2) is 52.4 Å². The molecule has 1 unspecified atom stereocenters. The van der Waals surface area contributed by atoms with Crippen LogP contribution in [-0.4, -0.2) is 5.55 Å². The molecule has 0 bridgehead atoms. The molecule has 0 aromatic heterocycles.